The van der Waals surface area contributed by atoms with Crippen LogP contribution < -0.4 is 10.2 Å². The highest BCUT2D eigenvalue weighted by Crippen LogP contribution is 2.24. The minimum Gasteiger partial charge on any atom is -0.370 e. The fraction of sp³-hybridized carbons (Fsp3) is 0.273. The number of fused-ring (bicyclic) bond motifs is 1. The molecule has 0 atom stereocenters. The first-order valence-corrected chi connectivity index (χ1v) is 9.39. The van der Waals surface area contributed by atoms with Crippen molar-refractivity contribution in [2.45, 2.75) is 6.42 Å². The molecule has 1 aromatic heterocycles. The highest BCUT2D eigenvalue weighted by molar-refractivity contribution is 6.08. The summed E-state index contributed by atoms with van der Waals surface area (Å²) in [5.74, 6) is -0.180. The largest absolute Gasteiger partial charge is 0.370 e. The predicted molar refractivity (Wildman–Crippen MR) is 110 cm³/mol. The third-order valence-corrected chi connectivity index (χ3v) is 5.10. The van der Waals surface area contributed by atoms with E-state index in [1.54, 1.807) is 6.20 Å². The molecule has 4 rings (SSSR count). The number of benzene rings is 2. The van der Waals surface area contributed by atoms with Gasteiger partial charge in [-0.15, -0.1) is 0 Å². The average molecular weight is 360 g/mol. The summed E-state index contributed by atoms with van der Waals surface area (Å²) in [4.78, 5) is 21.8. The molecule has 1 aliphatic heterocycles. The molecule has 138 valence electrons. The number of rotatable bonds is 3. The van der Waals surface area contributed by atoms with Gasteiger partial charge in [-0.2, -0.15) is 0 Å². The Morgan fingerprint density at radius 3 is 2.78 bits per heavy atom. The van der Waals surface area contributed by atoms with Gasteiger partial charge in [0.2, 0.25) is 0 Å². The monoisotopic (exact) mass is 360 g/mol. The van der Waals surface area contributed by atoms with E-state index >= 15 is 0 Å². The molecule has 0 unspecified atom stereocenters. The van der Waals surface area contributed by atoms with E-state index in [0.717, 1.165) is 54.7 Å². The van der Waals surface area contributed by atoms with E-state index in [9.17, 15) is 4.79 Å². The number of hydrogen-bond acceptors (Lipinski definition) is 4. The second-order valence-electron chi connectivity index (χ2n) is 7.02. The summed E-state index contributed by atoms with van der Waals surface area (Å²) in [6.07, 6.45) is 2.85. The van der Waals surface area contributed by atoms with E-state index in [2.05, 4.69) is 27.1 Å². The number of nitrogens with one attached hydrogen (secondary N) is 1. The molecule has 2 heterocycles. The van der Waals surface area contributed by atoms with Crippen molar-refractivity contribution in [3.05, 3.63) is 66.5 Å². The Morgan fingerprint density at radius 1 is 1.00 bits per heavy atom. The average Bonchev–Trinajstić information content (AvgIpc) is 2.93. The van der Waals surface area contributed by atoms with Crippen molar-refractivity contribution in [1.29, 1.82) is 0 Å². The maximum absolute atomic E-state index is 12.8. The topological polar surface area (TPSA) is 48.5 Å². The number of anilines is 2. The van der Waals surface area contributed by atoms with Crippen LogP contribution in [0, 0.1) is 0 Å². The van der Waals surface area contributed by atoms with E-state index in [1.165, 1.54) is 0 Å². The van der Waals surface area contributed by atoms with Crippen LogP contribution in [-0.2, 0) is 0 Å². The van der Waals surface area contributed by atoms with Gasteiger partial charge in [0, 0.05) is 42.6 Å². The number of carbonyl (C=O) groups is 1. The molecule has 1 N–H and O–H groups in total. The molecule has 0 spiro atoms. The molecule has 0 radical (unpaired) electrons. The number of amides is 1. The van der Waals surface area contributed by atoms with Crippen LogP contribution in [0.5, 0.6) is 0 Å². The fourth-order valence-electron chi connectivity index (χ4n) is 3.57. The smallest absolute Gasteiger partial charge is 0.274 e. The lowest BCUT2D eigenvalue weighted by Gasteiger charge is -2.23. The molecule has 27 heavy (non-hydrogen) atoms. The van der Waals surface area contributed by atoms with E-state index in [4.69, 9.17) is 0 Å². The van der Waals surface area contributed by atoms with Crippen molar-refractivity contribution in [1.82, 2.24) is 9.88 Å². The van der Waals surface area contributed by atoms with Gasteiger partial charge < -0.3 is 15.1 Å². The minimum atomic E-state index is -0.180. The molecule has 0 bridgehead atoms. The zero-order valence-corrected chi connectivity index (χ0v) is 15.6. The third kappa shape index (κ3) is 3.93. The number of likely N-dealkylation sites (N-methyl/N-ethyl adjacent to an activating group) is 1. The number of aromatic nitrogens is 1. The highest BCUT2D eigenvalue weighted by Gasteiger charge is 2.15. The van der Waals surface area contributed by atoms with Crippen LogP contribution in [0.1, 0.15) is 16.9 Å². The van der Waals surface area contributed by atoms with Crippen LogP contribution in [-0.4, -0.2) is 49.0 Å². The Balaban J connectivity index is 1.55. The van der Waals surface area contributed by atoms with Gasteiger partial charge in [0.05, 0.1) is 0 Å². The zero-order valence-electron chi connectivity index (χ0n) is 15.6. The first-order chi connectivity index (χ1) is 13.2. The third-order valence-electron chi connectivity index (χ3n) is 5.10. The Morgan fingerprint density at radius 2 is 1.85 bits per heavy atom. The minimum absolute atomic E-state index is 0.180. The summed E-state index contributed by atoms with van der Waals surface area (Å²) in [6, 6.07) is 17.8. The van der Waals surface area contributed by atoms with Crippen molar-refractivity contribution in [3.8, 4) is 0 Å². The SMILES string of the molecule is CN1CCCN(c2ccnc(C(=O)Nc3cccc4ccccc34)c2)CC1. The quantitative estimate of drug-likeness (QED) is 0.775. The molecule has 3 aromatic rings. The first-order valence-electron chi connectivity index (χ1n) is 9.39. The van der Waals surface area contributed by atoms with Gasteiger partial charge in [0.25, 0.3) is 5.91 Å². The van der Waals surface area contributed by atoms with Crippen LogP contribution in [0.15, 0.2) is 60.8 Å². The molecule has 0 saturated carbocycles. The summed E-state index contributed by atoms with van der Waals surface area (Å²) in [5, 5.41) is 5.15. The van der Waals surface area contributed by atoms with Gasteiger partial charge in [-0.3, -0.25) is 9.78 Å². The molecular formula is C22H24N4O. The van der Waals surface area contributed by atoms with E-state index in [-0.39, 0.29) is 5.91 Å². The van der Waals surface area contributed by atoms with Gasteiger partial charge in [-0.25, -0.2) is 0 Å². The Kier molecular flexibility index (Phi) is 5.03. The second-order valence-corrected chi connectivity index (χ2v) is 7.02. The highest BCUT2D eigenvalue weighted by atomic mass is 16.1. The molecular weight excluding hydrogens is 336 g/mol. The number of nitrogens with zero attached hydrogens (tertiary/aromatic N) is 3. The molecule has 1 fully saturated rings. The lowest BCUT2D eigenvalue weighted by Crippen LogP contribution is -2.29. The summed E-state index contributed by atoms with van der Waals surface area (Å²) >= 11 is 0. The van der Waals surface area contributed by atoms with Crippen molar-refractivity contribution in [2.24, 2.45) is 0 Å². The van der Waals surface area contributed by atoms with Gasteiger partial charge in [0.15, 0.2) is 0 Å². The summed E-state index contributed by atoms with van der Waals surface area (Å²) in [7, 11) is 2.15. The lowest BCUT2D eigenvalue weighted by atomic mass is 10.1. The predicted octanol–water partition coefficient (Wildman–Crippen LogP) is 3.63. The summed E-state index contributed by atoms with van der Waals surface area (Å²) < 4.78 is 0. The van der Waals surface area contributed by atoms with Gasteiger partial charge in [-0.1, -0.05) is 36.4 Å². The van der Waals surface area contributed by atoms with Crippen molar-refractivity contribution >= 4 is 28.1 Å². The Labute approximate surface area is 159 Å². The number of hydrogen-bond donors (Lipinski definition) is 1. The van der Waals surface area contributed by atoms with E-state index in [0.29, 0.717) is 5.69 Å². The van der Waals surface area contributed by atoms with Crippen molar-refractivity contribution in [2.75, 3.05) is 43.4 Å². The van der Waals surface area contributed by atoms with Crippen LogP contribution >= 0.6 is 0 Å². The maximum Gasteiger partial charge on any atom is 0.274 e. The van der Waals surface area contributed by atoms with Crippen LogP contribution in [0.4, 0.5) is 11.4 Å². The second kappa shape index (κ2) is 7.76. The molecule has 0 aliphatic carbocycles. The van der Waals surface area contributed by atoms with E-state index < -0.39 is 0 Å². The first kappa shape index (κ1) is 17.5. The van der Waals surface area contributed by atoms with Crippen LogP contribution in [0.3, 0.4) is 0 Å². The van der Waals surface area contributed by atoms with Gasteiger partial charge in [-0.05, 0) is 43.6 Å². The van der Waals surface area contributed by atoms with Crippen molar-refractivity contribution in [3.63, 3.8) is 0 Å². The fourth-order valence-corrected chi connectivity index (χ4v) is 3.57. The standard InChI is InChI=1S/C22H24N4O/c1-25-12-5-13-26(15-14-25)18-10-11-23-21(16-18)22(27)24-20-9-4-7-17-6-2-3-8-19(17)20/h2-4,6-11,16H,5,12-15H2,1H3,(H,24,27). The normalized spacial score (nSPS) is 15.5. The Bertz CT molecular complexity index is 950. The molecule has 5 nitrogen and oxygen atoms in total. The van der Waals surface area contributed by atoms with Gasteiger partial charge >= 0.3 is 0 Å². The molecule has 2 aromatic carbocycles. The molecule has 1 aliphatic rings. The molecule has 1 amide bonds. The molecule has 1 saturated heterocycles. The van der Waals surface area contributed by atoms with E-state index in [1.807, 2.05) is 54.6 Å². The molecule has 5 heteroatoms. The lowest BCUT2D eigenvalue weighted by molar-refractivity contribution is 0.102. The van der Waals surface area contributed by atoms with Crippen LogP contribution in [0.2, 0.25) is 0 Å². The zero-order chi connectivity index (χ0) is 18.6. The summed E-state index contributed by atoms with van der Waals surface area (Å²) in [6.45, 7) is 4.10. The maximum atomic E-state index is 12.8. The van der Waals surface area contributed by atoms with Gasteiger partial charge in [0.1, 0.15) is 5.69 Å². The number of pyridine rings is 1. The van der Waals surface area contributed by atoms with Crippen LogP contribution in [0.25, 0.3) is 10.8 Å². The summed E-state index contributed by atoms with van der Waals surface area (Å²) in [5.41, 5.74) is 2.31. The Hall–Kier alpha value is -2.92. The number of carbonyl (C=O) groups excluding carboxylic acids is 1. The van der Waals surface area contributed by atoms with Crippen molar-refractivity contribution < 1.29 is 4.79 Å².